The normalized spacial score (nSPS) is 14.8. The number of nitrogens with one attached hydrogen (secondary N) is 1. The molecule has 4 rings (SSSR count). The molecule has 2 heterocycles. The average Bonchev–Trinajstić information content (AvgIpc) is 3.26. The van der Waals surface area contributed by atoms with Gasteiger partial charge in [0.15, 0.2) is 0 Å². The second kappa shape index (κ2) is 9.41. The highest BCUT2D eigenvalue weighted by Gasteiger charge is 2.28. The number of hydrogen-bond donors (Lipinski definition) is 1. The molecular formula is C23H24N2O5S2. The number of hydrogen-bond acceptors (Lipinski definition) is 6. The molecule has 0 bridgehead atoms. The first-order chi connectivity index (χ1) is 15.4. The van der Waals surface area contributed by atoms with Gasteiger partial charge in [-0.15, -0.1) is 11.3 Å². The molecule has 0 aliphatic carbocycles. The molecule has 1 aromatic heterocycles. The number of thiophene rings is 1. The number of nitrogens with zero attached hydrogens (tertiary/aromatic N) is 1. The quantitative estimate of drug-likeness (QED) is 0.586. The standard InChI is InChI=1S/C23H24N2O5S2/c1-16-8-9-18(14-21(16)32(27,28)25-10-12-30-13-11-25)24-23(26)22-19(29-2)15-20(31-22)17-6-4-3-5-7-17/h3-9,14-15H,10-13H2,1-2H3,(H,24,26). The van der Waals surface area contributed by atoms with Crippen LogP contribution >= 0.6 is 11.3 Å². The number of morpholine rings is 1. The van der Waals surface area contributed by atoms with Gasteiger partial charge < -0.3 is 14.8 Å². The molecule has 9 heteroatoms. The van der Waals surface area contributed by atoms with Crippen molar-refractivity contribution in [3.8, 4) is 16.2 Å². The smallest absolute Gasteiger partial charge is 0.269 e. The van der Waals surface area contributed by atoms with Crippen LogP contribution in [0.15, 0.2) is 59.5 Å². The predicted octanol–water partition coefficient (Wildman–Crippen LogP) is 4.01. The van der Waals surface area contributed by atoms with Crippen molar-refractivity contribution in [2.24, 2.45) is 0 Å². The summed E-state index contributed by atoms with van der Waals surface area (Å²) in [5.74, 6) is 0.118. The maximum atomic E-state index is 13.1. The first kappa shape index (κ1) is 22.5. The fourth-order valence-electron chi connectivity index (χ4n) is 3.50. The number of anilines is 1. The monoisotopic (exact) mass is 472 g/mol. The van der Waals surface area contributed by atoms with Crippen LogP contribution in [0, 0.1) is 6.92 Å². The minimum atomic E-state index is -3.68. The Kier molecular flexibility index (Phi) is 6.61. The number of carbonyl (C=O) groups excluding carboxylic acids is 1. The van der Waals surface area contributed by atoms with Crippen LogP contribution in [-0.2, 0) is 14.8 Å². The van der Waals surface area contributed by atoms with Gasteiger partial charge in [0.25, 0.3) is 5.91 Å². The number of sulfonamides is 1. The van der Waals surface area contributed by atoms with Crippen molar-refractivity contribution in [2.45, 2.75) is 11.8 Å². The van der Waals surface area contributed by atoms with Gasteiger partial charge >= 0.3 is 0 Å². The highest BCUT2D eigenvalue weighted by atomic mass is 32.2. The minimum absolute atomic E-state index is 0.181. The highest BCUT2D eigenvalue weighted by molar-refractivity contribution is 7.89. The van der Waals surface area contributed by atoms with Gasteiger partial charge in [-0.05, 0) is 36.2 Å². The molecule has 1 aliphatic rings. The second-order valence-electron chi connectivity index (χ2n) is 7.33. The molecule has 1 N–H and O–H groups in total. The van der Waals surface area contributed by atoms with E-state index in [9.17, 15) is 13.2 Å². The fraction of sp³-hybridized carbons (Fsp3) is 0.261. The van der Waals surface area contributed by atoms with Gasteiger partial charge in [0, 0.05) is 23.7 Å². The van der Waals surface area contributed by atoms with Crippen LogP contribution in [0.3, 0.4) is 0 Å². The lowest BCUT2D eigenvalue weighted by atomic mass is 10.2. The summed E-state index contributed by atoms with van der Waals surface area (Å²) in [6.07, 6.45) is 0. The summed E-state index contributed by atoms with van der Waals surface area (Å²) in [7, 11) is -2.16. The van der Waals surface area contributed by atoms with Crippen LogP contribution in [0.1, 0.15) is 15.2 Å². The second-order valence-corrected chi connectivity index (χ2v) is 10.3. The molecule has 0 atom stereocenters. The highest BCUT2D eigenvalue weighted by Crippen LogP contribution is 2.36. The van der Waals surface area contributed by atoms with E-state index in [-0.39, 0.29) is 10.8 Å². The lowest BCUT2D eigenvalue weighted by Crippen LogP contribution is -2.40. The third-order valence-corrected chi connectivity index (χ3v) is 8.42. The number of carbonyl (C=O) groups is 1. The SMILES string of the molecule is COc1cc(-c2ccccc2)sc1C(=O)Nc1ccc(C)c(S(=O)(=O)N2CCOCC2)c1. The van der Waals surface area contributed by atoms with Crippen molar-refractivity contribution in [2.75, 3.05) is 38.7 Å². The van der Waals surface area contributed by atoms with Gasteiger partial charge in [-0.1, -0.05) is 36.4 Å². The van der Waals surface area contributed by atoms with E-state index in [1.54, 1.807) is 19.1 Å². The summed E-state index contributed by atoms with van der Waals surface area (Å²) in [6.45, 7) is 3.11. The Hall–Kier alpha value is -2.72. The molecule has 1 aliphatic heterocycles. The molecule has 3 aromatic rings. The average molecular weight is 473 g/mol. The minimum Gasteiger partial charge on any atom is -0.495 e. The van der Waals surface area contributed by atoms with E-state index in [1.165, 1.54) is 28.8 Å². The molecule has 1 amide bonds. The molecular weight excluding hydrogens is 448 g/mol. The van der Waals surface area contributed by atoms with E-state index in [4.69, 9.17) is 9.47 Å². The third kappa shape index (κ3) is 4.56. The molecule has 0 radical (unpaired) electrons. The summed E-state index contributed by atoms with van der Waals surface area (Å²) in [5.41, 5.74) is 2.02. The van der Waals surface area contributed by atoms with E-state index >= 15 is 0 Å². The largest absolute Gasteiger partial charge is 0.495 e. The Balaban J connectivity index is 1.60. The van der Waals surface area contributed by atoms with Crippen molar-refractivity contribution in [1.82, 2.24) is 4.31 Å². The van der Waals surface area contributed by atoms with Crippen molar-refractivity contribution < 1.29 is 22.7 Å². The van der Waals surface area contributed by atoms with Crippen molar-refractivity contribution >= 4 is 33.0 Å². The predicted molar refractivity (Wildman–Crippen MR) is 125 cm³/mol. The lowest BCUT2D eigenvalue weighted by Gasteiger charge is -2.26. The first-order valence-corrected chi connectivity index (χ1v) is 12.4. The van der Waals surface area contributed by atoms with Crippen molar-refractivity contribution in [3.05, 3.63) is 65.0 Å². The molecule has 0 unspecified atom stereocenters. The van der Waals surface area contributed by atoms with Gasteiger partial charge in [0.1, 0.15) is 10.6 Å². The maximum absolute atomic E-state index is 13.1. The molecule has 2 aromatic carbocycles. The molecule has 0 spiro atoms. The molecule has 168 valence electrons. The zero-order chi connectivity index (χ0) is 22.7. The van der Waals surface area contributed by atoms with E-state index in [0.717, 1.165) is 10.4 Å². The Morgan fingerprint density at radius 3 is 2.50 bits per heavy atom. The van der Waals surface area contributed by atoms with Crippen molar-refractivity contribution in [3.63, 3.8) is 0 Å². The van der Waals surface area contributed by atoms with E-state index in [1.807, 2.05) is 36.4 Å². The zero-order valence-corrected chi connectivity index (χ0v) is 19.5. The number of ether oxygens (including phenoxy) is 2. The number of benzene rings is 2. The zero-order valence-electron chi connectivity index (χ0n) is 17.8. The first-order valence-electron chi connectivity index (χ1n) is 10.1. The molecule has 1 saturated heterocycles. The Labute approximate surface area is 191 Å². The fourth-order valence-corrected chi connectivity index (χ4v) is 6.18. The Bertz CT molecular complexity index is 1220. The molecule has 0 saturated carbocycles. The lowest BCUT2D eigenvalue weighted by molar-refractivity contribution is 0.0730. The van der Waals surface area contributed by atoms with Gasteiger partial charge in [0.2, 0.25) is 10.0 Å². The summed E-state index contributed by atoms with van der Waals surface area (Å²) in [4.78, 5) is 14.5. The molecule has 7 nitrogen and oxygen atoms in total. The van der Waals surface area contributed by atoms with E-state index in [0.29, 0.717) is 48.2 Å². The van der Waals surface area contributed by atoms with Crippen LogP contribution in [0.4, 0.5) is 5.69 Å². The summed E-state index contributed by atoms with van der Waals surface area (Å²) >= 11 is 1.32. The topological polar surface area (TPSA) is 84.9 Å². The summed E-state index contributed by atoms with van der Waals surface area (Å²) in [5, 5.41) is 2.82. The number of aryl methyl sites for hydroxylation is 1. The Morgan fingerprint density at radius 1 is 1.09 bits per heavy atom. The van der Waals surface area contributed by atoms with Gasteiger partial charge in [-0.25, -0.2) is 8.42 Å². The molecule has 1 fully saturated rings. The number of rotatable bonds is 6. The van der Waals surface area contributed by atoms with Crippen LogP contribution < -0.4 is 10.1 Å². The molecule has 32 heavy (non-hydrogen) atoms. The Morgan fingerprint density at radius 2 is 1.81 bits per heavy atom. The maximum Gasteiger partial charge on any atom is 0.269 e. The van der Waals surface area contributed by atoms with Crippen LogP contribution in [0.5, 0.6) is 5.75 Å². The van der Waals surface area contributed by atoms with Gasteiger partial charge in [0.05, 0.1) is 25.2 Å². The van der Waals surface area contributed by atoms with Crippen molar-refractivity contribution in [1.29, 1.82) is 0 Å². The third-order valence-electron chi connectivity index (χ3n) is 5.22. The van der Waals surface area contributed by atoms with E-state index < -0.39 is 10.0 Å². The van der Waals surface area contributed by atoms with Crippen LogP contribution in [0.25, 0.3) is 10.4 Å². The number of methoxy groups -OCH3 is 1. The van der Waals surface area contributed by atoms with Gasteiger partial charge in [-0.3, -0.25) is 4.79 Å². The summed E-state index contributed by atoms with van der Waals surface area (Å²) < 4.78 is 38.3. The van der Waals surface area contributed by atoms with E-state index in [2.05, 4.69) is 5.32 Å². The number of amides is 1. The van der Waals surface area contributed by atoms with Crippen LogP contribution in [-0.4, -0.2) is 52.0 Å². The summed E-state index contributed by atoms with van der Waals surface area (Å²) in [6, 6.07) is 16.5. The van der Waals surface area contributed by atoms with Crippen LogP contribution in [0.2, 0.25) is 0 Å². The van der Waals surface area contributed by atoms with Gasteiger partial charge in [-0.2, -0.15) is 4.31 Å².